The largest absolute Gasteiger partial charge is 0.504 e. The molecule has 2 saturated heterocycles. The SMILES string of the molecule is O=C(CCC(=O)NCC(=O)NCC(=O)NCC(=O)N[C@@H]1CC[C@@]2(O)[C@H]3Cc4ccc(O)c5c4[C@@]2(CCN3CC2CC2)[C@H]1O5)NCC(=O)NCC(=O)NCC(=O)N[C@@H]1CC[C@@]2(O)[C@H]3Cc4ccc(O)c5c4[C@@]2(CCN3CC2CC2)[C@H]1O5. The number of hydrogen-bond acceptors (Lipinski definition) is 16. The van der Waals surface area contributed by atoms with Crippen molar-refractivity contribution < 1.29 is 68.3 Å². The Bertz CT molecular complexity index is 2730. The zero-order valence-corrected chi connectivity index (χ0v) is 44.7. The molecule has 10 atom stereocenters. The van der Waals surface area contributed by atoms with E-state index < -0.39 is 133 Å². The molecule has 12 rings (SSSR count). The van der Waals surface area contributed by atoms with Gasteiger partial charge < -0.3 is 72.4 Å². The Hall–Kier alpha value is -6.76. The molecular weight excluding hydrogens is 1040 g/mol. The summed E-state index contributed by atoms with van der Waals surface area (Å²) < 4.78 is 13.0. The summed E-state index contributed by atoms with van der Waals surface area (Å²) in [5.41, 5.74) is -0.103. The average Bonchev–Trinajstić information content (AvgIpc) is 4.40. The fourth-order valence-corrected chi connectivity index (χ4v) is 15.5. The Labute approximate surface area is 461 Å². The number of rotatable bonds is 21. The summed E-state index contributed by atoms with van der Waals surface area (Å²) >= 11 is 0. The predicted molar refractivity (Wildman–Crippen MR) is 281 cm³/mol. The van der Waals surface area contributed by atoms with E-state index in [1.165, 1.54) is 25.7 Å². The maximum atomic E-state index is 13.3. The molecule has 24 heteroatoms. The summed E-state index contributed by atoms with van der Waals surface area (Å²) in [7, 11) is 0. The maximum Gasteiger partial charge on any atom is 0.239 e. The van der Waals surface area contributed by atoms with Crippen molar-refractivity contribution in [3.05, 3.63) is 46.5 Å². The van der Waals surface area contributed by atoms with Crippen LogP contribution in [0.4, 0.5) is 0 Å². The highest BCUT2D eigenvalue weighted by molar-refractivity contribution is 5.92. The molecule has 4 bridgehead atoms. The molecule has 12 N–H and O–H groups in total. The molecule has 80 heavy (non-hydrogen) atoms. The van der Waals surface area contributed by atoms with Crippen molar-refractivity contribution in [2.24, 2.45) is 11.8 Å². The van der Waals surface area contributed by atoms with Crippen molar-refractivity contribution in [3.63, 3.8) is 0 Å². The second-order valence-electron chi connectivity index (χ2n) is 24.2. The number of amides is 8. The Morgan fingerprint density at radius 3 is 1.19 bits per heavy atom. The normalized spacial score (nSPS) is 31.6. The molecule has 2 aromatic rings. The number of aliphatic hydroxyl groups is 2. The first-order chi connectivity index (χ1) is 38.4. The van der Waals surface area contributed by atoms with E-state index in [1.54, 1.807) is 12.1 Å². The Morgan fingerprint density at radius 2 is 0.825 bits per heavy atom. The molecule has 8 amide bonds. The van der Waals surface area contributed by atoms with E-state index in [1.807, 2.05) is 12.1 Å². The number of benzene rings is 2. The topological polar surface area (TPSA) is 339 Å². The molecule has 10 aliphatic rings. The van der Waals surface area contributed by atoms with Crippen LogP contribution in [-0.2, 0) is 62.0 Å². The first-order valence-electron chi connectivity index (χ1n) is 28.6. The third-order valence-corrected chi connectivity index (χ3v) is 19.5. The van der Waals surface area contributed by atoms with Gasteiger partial charge in [0, 0.05) is 49.1 Å². The number of piperidine rings is 2. The van der Waals surface area contributed by atoms with Crippen molar-refractivity contribution in [2.45, 2.75) is 148 Å². The van der Waals surface area contributed by atoms with Gasteiger partial charge >= 0.3 is 0 Å². The quantitative estimate of drug-likeness (QED) is 0.0609. The first kappa shape index (κ1) is 53.9. The van der Waals surface area contributed by atoms with Crippen molar-refractivity contribution in [1.29, 1.82) is 0 Å². The molecule has 6 fully saturated rings. The lowest BCUT2D eigenvalue weighted by Gasteiger charge is -2.64. The molecule has 4 heterocycles. The maximum absolute atomic E-state index is 13.3. The number of carbonyl (C=O) groups is 8. The van der Waals surface area contributed by atoms with Crippen LogP contribution in [0.25, 0.3) is 0 Å². The molecule has 0 unspecified atom stereocenters. The zero-order chi connectivity index (χ0) is 55.9. The van der Waals surface area contributed by atoms with Gasteiger partial charge in [0.2, 0.25) is 47.3 Å². The van der Waals surface area contributed by atoms with Crippen LogP contribution in [-0.4, -0.2) is 191 Å². The van der Waals surface area contributed by atoms with Crippen molar-refractivity contribution in [2.75, 3.05) is 65.4 Å². The summed E-state index contributed by atoms with van der Waals surface area (Å²) in [6.07, 6.45) is 7.09. The van der Waals surface area contributed by atoms with E-state index in [9.17, 15) is 58.8 Å². The first-order valence-corrected chi connectivity index (χ1v) is 28.6. The van der Waals surface area contributed by atoms with E-state index in [0.29, 0.717) is 74.7 Å². The minimum Gasteiger partial charge on any atom is -0.504 e. The van der Waals surface area contributed by atoms with Gasteiger partial charge in [-0.15, -0.1) is 0 Å². The van der Waals surface area contributed by atoms with Crippen molar-refractivity contribution in [3.8, 4) is 23.0 Å². The molecule has 430 valence electrons. The molecular formula is C56H72N10O14. The molecule has 6 aliphatic carbocycles. The Balaban J connectivity index is 0.516. The van der Waals surface area contributed by atoms with E-state index in [0.717, 1.165) is 48.4 Å². The van der Waals surface area contributed by atoms with Gasteiger partial charge in [-0.05, 0) is 125 Å². The van der Waals surface area contributed by atoms with Crippen LogP contribution >= 0.6 is 0 Å². The summed E-state index contributed by atoms with van der Waals surface area (Å²) in [5.74, 6) is -3.00. The van der Waals surface area contributed by atoms with Crippen LogP contribution in [0.3, 0.4) is 0 Å². The van der Waals surface area contributed by atoms with Gasteiger partial charge in [-0.25, -0.2) is 0 Å². The number of aromatic hydroxyl groups is 2. The lowest BCUT2D eigenvalue weighted by Crippen LogP contribution is -2.78. The molecule has 0 radical (unpaired) electrons. The van der Waals surface area contributed by atoms with Gasteiger partial charge in [-0.2, -0.15) is 0 Å². The third-order valence-electron chi connectivity index (χ3n) is 19.5. The number of nitrogens with one attached hydrogen (secondary N) is 8. The number of phenolic OH excluding ortho intramolecular Hbond substituents is 2. The summed E-state index contributed by atoms with van der Waals surface area (Å²) in [6, 6.07) is 5.85. The highest BCUT2D eigenvalue weighted by atomic mass is 16.5. The predicted octanol–water partition coefficient (Wildman–Crippen LogP) is -2.63. The summed E-state index contributed by atoms with van der Waals surface area (Å²) in [5, 5.41) is 67.5. The van der Waals surface area contributed by atoms with Gasteiger partial charge in [0.15, 0.2) is 23.0 Å². The van der Waals surface area contributed by atoms with Crippen LogP contribution in [0.2, 0.25) is 0 Å². The second-order valence-corrected chi connectivity index (χ2v) is 24.2. The zero-order valence-electron chi connectivity index (χ0n) is 44.7. The minimum atomic E-state index is -1.11. The highest BCUT2D eigenvalue weighted by Gasteiger charge is 2.75. The highest BCUT2D eigenvalue weighted by Crippen LogP contribution is 2.67. The second kappa shape index (κ2) is 20.7. The summed E-state index contributed by atoms with van der Waals surface area (Å²) in [4.78, 5) is 106. The summed E-state index contributed by atoms with van der Waals surface area (Å²) in [6.45, 7) is 0.635. The van der Waals surface area contributed by atoms with Crippen molar-refractivity contribution >= 4 is 47.3 Å². The van der Waals surface area contributed by atoms with Crippen LogP contribution in [0, 0.1) is 11.8 Å². The van der Waals surface area contributed by atoms with Crippen molar-refractivity contribution in [1.82, 2.24) is 52.3 Å². The molecule has 2 spiro atoms. The van der Waals surface area contributed by atoms with Gasteiger partial charge in [0.1, 0.15) is 12.2 Å². The van der Waals surface area contributed by atoms with Crippen LogP contribution < -0.4 is 52.0 Å². The lowest BCUT2D eigenvalue weighted by molar-refractivity contribution is -0.192. The standard InChI is InChI=1S/C56H72N10O14/c67-35-7-5-31-19-37-55(77)13-11-33(51-53(55,47(31)49(35)79-51)15-17-65(37)27-29-1-2-29)63-45(75)25-61-43(73)23-59-41(71)21-57-39(69)9-10-40(70)58-22-42(72)60-24-44(74)62-26-46(76)64-34-12-14-56(78)38-20-32-6-8-36(68)50-48(32)54(56,52(34)80-50)16-18-66(38)28-30-3-4-30/h5-8,29-30,33-34,37-38,51-52,67-68,77-78H,1-4,9-28H2,(H,57,69)(H,58,70)(H,59,71)(H,60,72)(H,61,73)(H,62,74)(H,63,75)(H,64,76)/t33-,34-,37-,38-,51+,52+,53+,54+,55-,56-/m1/s1. The molecule has 4 aliphatic heterocycles. The number of carbonyl (C=O) groups excluding carboxylic acids is 8. The number of ether oxygens (including phenoxy) is 2. The molecule has 24 nitrogen and oxygen atoms in total. The Kier molecular flexibility index (Phi) is 13.9. The van der Waals surface area contributed by atoms with E-state index in [2.05, 4.69) is 52.3 Å². The number of phenols is 2. The van der Waals surface area contributed by atoms with Gasteiger partial charge in [-0.1, -0.05) is 12.1 Å². The lowest BCUT2D eigenvalue weighted by atomic mass is 9.48. The van der Waals surface area contributed by atoms with Crippen LogP contribution in [0.15, 0.2) is 24.3 Å². The van der Waals surface area contributed by atoms with E-state index in [4.69, 9.17) is 9.47 Å². The van der Waals surface area contributed by atoms with Gasteiger partial charge in [-0.3, -0.25) is 48.2 Å². The Morgan fingerprint density at radius 1 is 0.475 bits per heavy atom. The minimum absolute atomic E-state index is 0.00394. The molecule has 4 saturated carbocycles. The molecule has 2 aromatic carbocycles. The average molecular weight is 1110 g/mol. The monoisotopic (exact) mass is 1110 g/mol. The fourth-order valence-electron chi connectivity index (χ4n) is 15.5. The molecule has 0 aromatic heterocycles. The fraction of sp³-hybridized carbons (Fsp3) is 0.643. The number of hydrogen-bond donors (Lipinski definition) is 12. The van der Waals surface area contributed by atoms with E-state index in [-0.39, 0.29) is 36.4 Å². The van der Waals surface area contributed by atoms with Gasteiger partial charge in [0.25, 0.3) is 0 Å². The van der Waals surface area contributed by atoms with E-state index >= 15 is 0 Å². The van der Waals surface area contributed by atoms with Crippen LogP contribution in [0.5, 0.6) is 23.0 Å². The number of nitrogens with zero attached hydrogens (tertiary/aromatic N) is 2. The van der Waals surface area contributed by atoms with Gasteiger partial charge in [0.05, 0.1) is 73.4 Å². The smallest absolute Gasteiger partial charge is 0.239 e. The third kappa shape index (κ3) is 9.32. The number of likely N-dealkylation sites (tertiary alicyclic amines) is 2. The van der Waals surface area contributed by atoms with Crippen LogP contribution in [0.1, 0.15) is 99.3 Å².